The fraction of sp³-hybridized carbons (Fsp3) is 0.182. The average molecular weight is 436 g/mol. The Morgan fingerprint density at radius 3 is 2.77 bits per heavy atom. The molecule has 4 rings (SSSR count). The summed E-state index contributed by atoms with van der Waals surface area (Å²) in [5.74, 6) is 0.182. The van der Waals surface area contributed by atoms with Crippen LogP contribution in [0, 0.1) is 13.8 Å². The van der Waals surface area contributed by atoms with Crippen molar-refractivity contribution in [3.63, 3.8) is 0 Å². The molecule has 0 aliphatic carbocycles. The number of H-pyrrole nitrogens is 1. The lowest BCUT2D eigenvalue weighted by Crippen LogP contribution is -2.32. The van der Waals surface area contributed by atoms with Gasteiger partial charge in [-0.05, 0) is 26.0 Å². The highest BCUT2D eigenvalue weighted by Crippen LogP contribution is 2.32. The lowest BCUT2D eigenvalue weighted by atomic mass is 10.1. The molecule has 1 aromatic carbocycles. The zero-order valence-corrected chi connectivity index (χ0v) is 18.4. The van der Waals surface area contributed by atoms with Crippen LogP contribution >= 0.6 is 23.1 Å². The van der Waals surface area contributed by atoms with Gasteiger partial charge in [0.2, 0.25) is 5.91 Å². The van der Waals surface area contributed by atoms with Crippen LogP contribution in [0.2, 0.25) is 0 Å². The predicted molar refractivity (Wildman–Crippen MR) is 124 cm³/mol. The summed E-state index contributed by atoms with van der Waals surface area (Å²) < 4.78 is 0. The summed E-state index contributed by atoms with van der Waals surface area (Å²) in [5, 5.41) is 4.35. The van der Waals surface area contributed by atoms with Crippen LogP contribution in [0.15, 0.2) is 59.7 Å². The molecule has 0 radical (unpaired) electrons. The van der Waals surface area contributed by atoms with Crippen molar-refractivity contribution in [1.29, 1.82) is 0 Å². The number of aromatic amines is 1. The molecular formula is C22H21N5OS2. The largest absolute Gasteiger partial charge is 0.360 e. The SMILES string of the molecule is C=CCN(C(=O)CSc1nc(C)cc(C)n1)c1nc(-c2c[nH]c3ccccc23)cs1. The van der Waals surface area contributed by atoms with Crippen LogP contribution in [0.25, 0.3) is 22.2 Å². The third kappa shape index (κ3) is 4.29. The van der Waals surface area contributed by atoms with E-state index in [1.54, 1.807) is 11.0 Å². The quantitative estimate of drug-likeness (QED) is 0.251. The summed E-state index contributed by atoms with van der Waals surface area (Å²) in [6, 6.07) is 10.0. The van der Waals surface area contributed by atoms with Crippen molar-refractivity contribution in [2.75, 3.05) is 17.2 Å². The highest BCUT2D eigenvalue weighted by atomic mass is 32.2. The van der Waals surface area contributed by atoms with Crippen molar-refractivity contribution in [2.24, 2.45) is 0 Å². The van der Waals surface area contributed by atoms with Crippen molar-refractivity contribution >= 4 is 45.0 Å². The zero-order chi connectivity index (χ0) is 21.1. The monoisotopic (exact) mass is 435 g/mol. The Morgan fingerprint density at radius 2 is 2.00 bits per heavy atom. The number of hydrogen-bond acceptors (Lipinski definition) is 6. The second-order valence-electron chi connectivity index (χ2n) is 6.78. The third-order valence-corrected chi connectivity index (χ3v) is 6.18. The maximum absolute atomic E-state index is 12.9. The number of nitrogens with zero attached hydrogens (tertiary/aromatic N) is 4. The predicted octanol–water partition coefficient (Wildman–Crippen LogP) is 5.01. The second kappa shape index (κ2) is 8.81. The van der Waals surface area contributed by atoms with Gasteiger partial charge in [0.25, 0.3) is 0 Å². The Balaban J connectivity index is 1.54. The molecule has 6 nitrogen and oxygen atoms in total. The molecule has 8 heteroatoms. The maximum atomic E-state index is 12.9. The Bertz CT molecular complexity index is 1190. The molecule has 1 amide bonds. The molecule has 0 saturated heterocycles. The first-order chi connectivity index (χ1) is 14.5. The lowest BCUT2D eigenvalue weighted by Gasteiger charge is -2.17. The molecule has 0 bridgehead atoms. The highest BCUT2D eigenvalue weighted by Gasteiger charge is 2.20. The molecule has 0 fully saturated rings. The molecule has 30 heavy (non-hydrogen) atoms. The first-order valence-corrected chi connectivity index (χ1v) is 11.3. The number of anilines is 1. The fourth-order valence-electron chi connectivity index (χ4n) is 3.17. The van der Waals surface area contributed by atoms with Crippen molar-refractivity contribution in [2.45, 2.75) is 19.0 Å². The van der Waals surface area contributed by atoms with Crippen molar-refractivity contribution < 1.29 is 4.79 Å². The molecule has 0 unspecified atom stereocenters. The number of nitrogens with one attached hydrogen (secondary N) is 1. The minimum Gasteiger partial charge on any atom is -0.360 e. The van der Waals surface area contributed by atoms with Crippen LogP contribution in [0.4, 0.5) is 5.13 Å². The van der Waals surface area contributed by atoms with Gasteiger partial charge in [0.15, 0.2) is 10.3 Å². The number of aromatic nitrogens is 4. The number of thiazole rings is 1. The van der Waals surface area contributed by atoms with E-state index in [0.717, 1.165) is 33.5 Å². The molecule has 0 aliphatic rings. The molecular weight excluding hydrogens is 414 g/mol. The van der Waals surface area contributed by atoms with Gasteiger partial charge >= 0.3 is 0 Å². The summed E-state index contributed by atoms with van der Waals surface area (Å²) in [6.45, 7) is 8.04. The number of thioether (sulfide) groups is 1. The smallest absolute Gasteiger partial charge is 0.239 e. The number of fused-ring (bicyclic) bond motifs is 1. The van der Waals surface area contributed by atoms with E-state index in [2.05, 4.69) is 27.6 Å². The maximum Gasteiger partial charge on any atom is 0.239 e. The minimum atomic E-state index is -0.0533. The number of amides is 1. The van der Waals surface area contributed by atoms with E-state index in [-0.39, 0.29) is 11.7 Å². The van der Waals surface area contributed by atoms with Gasteiger partial charge in [-0.1, -0.05) is 36.0 Å². The summed E-state index contributed by atoms with van der Waals surface area (Å²) >= 11 is 2.79. The number of para-hydroxylation sites is 1. The Kier molecular flexibility index (Phi) is 5.96. The van der Waals surface area contributed by atoms with E-state index in [0.29, 0.717) is 16.8 Å². The molecule has 3 heterocycles. The Morgan fingerprint density at radius 1 is 1.23 bits per heavy atom. The van der Waals surface area contributed by atoms with Crippen LogP contribution < -0.4 is 4.90 Å². The van der Waals surface area contributed by atoms with Crippen molar-refractivity contribution in [1.82, 2.24) is 19.9 Å². The second-order valence-corrected chi connectivity index (χ2v) is 8.56. The van der Waals surface area contributed by atoms with Crippen molar-refractivity contribution in [3.8, 4) is 11.3 Å². The number of carbonyl (C=O) groups is 1. The number of hydrogen-bond donors (Lipinski definition) is 1. The van der Waals surface area contributed by atoms with Gasteiger partial charge in [-0.15, -0.1) is 17.9 Å². The third-order valence-electron chi connectivity index (χ3n) is 4.49. The number of benzene rings is 1. The number of aryl methyl sites for hydroxylation is 2. The van der Waals surface area contributed by atoms with Gasteiger partial charge < -0.3 is 4.98 Å². The van der Waals surface area contributed by atoms with E-state index in [9.17, 15) is 4.79 Å². The van der Waals surface area contributed by atoms with Gasteiger partial charge in [0, 0.05) is 46.0 Å². The van der Waals surface area contributed by atoms with E-state index in [4.69, 9.17) is 4.98 Å². The van der Waals surface area contributed by atoms with Crippen LogP contribution in [0.5, 0.6) is 0 Å². The molecule has 152 valence electrons. The van der Waals surface area contributed by atoms with Crippen LogP contribution in [-0.2, 0) is 4.79 Å². The van der Waals surface area contributed by atoms with Crippen LogP contribution in [0.1, 0.15) is 11.4 Å². The molecule has 0 atom stereocenters. The summed E-state index contributed by atoms with van der Waals surface area (Å²) in [5.41, 5.74) is 4.72. The number of carbonyl (C=O) groups excluding carboxylic acids is 1. The van der Waals surface area contributed by atoms with Crippen molar-refractivity contribution in [3.05, 3.63) is 66.0 Å². The first-order valence-electron chi connectivity index (χ1n) is 9.43. The first kappa shape index (κ1) is 20.3. The van der Waals surface area contributed by atoms with E-state index in [1.165, 1.54) is 23.1 Å². The van der Waals surface area contributed by atoms with Gasteiger partial charge in [0.05, 0.1) is 11.4 Å². The standard InChI is InChI=1S/C22H21N5OS2/c1-4-9-27(20(28)13-29-21-24-14(2)10-15(3)25-21)22-26-19(12-30-22)17-11-23-18-8-6-5-7-16(17)18/h4-8,10-12,23H,1,9,13H2,2-3H3. The van der Waals surface area contributed by atoms with Gasteiger partial charge in [0.1, 0.15) is 0 Å². The summed E-state index contributed by atoms with van der Waals surface area (Å²) in [4.78, 5) is 31.4. The Hall–Kier alpha value is -2.97. The van der Waals surface area contributed by atoms with E-state index >= 15 is 0 Å². The Labute approximate surface area is 183 Å². The summed E-state index contributed by atoms with van der Waals surface area (Å²) in [7, 11) is 0. The van der Waals surface area contributed by atoms with Gasteiger partial charge in [-0.25, -0.2) is 15.0 Å². The van der Waals surface area contributed by atoms with E-state index in [1.807, 2.05) is 49.7 Å². The highest BCUT2D eigenvalue weighted by molar-refractivity contribution is 7.99. The van der Waals surface area contributed by atoms with Gasteiger partial charge in [-0.2, -0.15) is 0 Å². The normalized spacial score (nSPS) is 11.0. The topological polar surface area (TPSA) is 74.8 Å². The van der Waals surface area contributed by atoms with E-state index < -0.39 is 0 Å². The lowest BCUT2D eigenvalue weighted by molar-refractivity contribution is -0.116. The van der Waals surface area contributed by atoms with Crippen LogP contribution in [-0.4, -0.2) is 38.1 Å². The van der Waals surface area contributed by atoms with Crippen LogP contribution in [0.3, 0.4) is 0 Å². The number of rotatable bonds is 7. The molecule has 0 saturated carbocycles. The molecule has 0 spiro atoms. The minimum absolute atomic E-state index is 0.0533. The fourth-order valence-corrected chi connectivity index (χ4v) is 4.85. The molecule has 3 aromatic heterocycles. The molecule has 4 aromatic rings. The zero-order valence-electron chi connectivity index (χ0n) is 16.8. The average Bonchev–Trinajstić information content (AvgIpc) is 3.36. The summed E-state index contributed by atoms with van der Waals surface area (Å²) in [6.07, 6.45) is 3.67. The van der Waals surface area contributed by atoms with Gasteiger partial charge in [-0.3, -0.25) is 9.69 Å². The molecule has 1 N–H and O–H groups in total. The molecule has 0 aliphatic heterocycles.